The van der Waals surface area contributed by atoms with Crippen molar-refractivity contribution in [3.8, 4) is 22.8 Å². The highest BCUT2D eigenvalue weighted by atomic mass is 35.5. The molecule has 0 radical (unpaired) electrons. The number of rotatable bonds is 12. The predicted octanol–water partition coefficient (Wildman–Crippen LogP) is 6.24. The first-order valence-electron chi connectivity index (χ1n) is 21.4. The highest BCUT2D eigenvalue weighted by Crippen LogP contribution is 2.33. The standard InChI is InChI=1S/C48H54Cl2N8O6.ClH/c1-31-45(61)53-40(29-59)46(62)54-48(24-32-8-13-37(49)14-9-32)18-6-20-57(30-48)47(63)36(21-33-7-5-19-51-25-33)22-44(60)58(31)27-35-10-15-38(50)23-42(35)64-39-16-11-34(12-17-39)41-26-52-43(56(41)4)28-55(2)3;/h5,7-17,19,23,25-26,31,36,40,59H,6,18,20-22,24,27-30H2,1-4H3,(H,53,61)(H,54,62);1H/t31-,36+,40-,48+;/m0./s1. The van der Waals surface area contributed by atoms with Gasteiger partial charge in [-0.15, -0.1) is 12.4 Å². The van der Waals surface area contributed by atoms with Crippen LogP contribution in [0.3, 0.4) is 0 Å². The Morgan fingerprint density at radius 2 is 1.68 bits per heavy atom. The van der Waals surface area contributed by atoms with Gasteiger partial charge in [-0.25, -0.2) is 4.98 Å². The van der Waals surface area contributed by atoms with Crippen molar-refractivity contribution in [1.29, 1.82) is 0 Å². The molecule has 0 spiro atoms. The molecule has 3 aromatic carbocycles. The molecule has 4 heterocycles. The monoisotopic (exact) mass is 944 g/mol. The van der Waals surface area contributed by atoms with Crippen molar-refractivity contribution in [1.82, 2.24) is 39.9 Å². The number of carbonyl (C=O) groups excluding carboxylic acids is 4. The average molecular weight is 946 g/mol. The molecule has 2 aromatic heterocycles. The van der Waals surface area contributed by atoms with Crippen LogP contribution in [0, 0.1) is 5.92 Å². The molecule has 17 heteroatoms. The maximum atomic E-state index is 14.9. The normalized spacial score (nSPS) is 20.8. The Labute approximate surface area is 395 Å². The molecule has 0 aliphatic carbocycles. The SMILES string of the molecule is C[C@H]1C(=O)N[C@@H](CO)C(=O)N[C@@]2(Cc3ccc(Cl)cc3)CCCN(C2)C(=O)[C@H](Cc2cccnc2)CC(=O)N1Cc1ccc(Cl)cc1Oc1ccc(-c2cnc(CN(C)C)n2C)cc1.Cl. The van der Waals surface area contributed by atoms with Crippen LogP contribution >= 0.6 is 35.6 Å². The number of imidazole rings is 1. The molecule has 4 amide bonds. The second kappa shape index (κ2) is 21.7. The summed E-state index contributed by atoms with van der Waals surface area (Å²) in [5.41, 5.74) is 3.14. The zero-order chi connectivity index (χ0) is 45.5. The van der Waals surface area contributed by atoms with Crippen LogP contribution in [0.4, 0.5) is 0 Å². The number of aliphatic hydroxyl groups is 1. The number of nitrogens with one attached hydrogen (secondary N) is 2. The van der Waals surface area contributed by atoms with Gasteiger partial charge in [0, 0.05) is 60.1 Å². The molecule has 65 heavy (non-hydrogen) atoms. The van der Waals surface area contributed by atoms with E-state index in [1.54, 1.807) is 60.6 Å². The molecule has 2 aliphatic rings. The van der Waals surface area contributed by atoms with Gasteiger partial charge in [-0.05, 0) is 112 Å². The number of amides is 4. The van der Waals surface area contributed by atoms with Gasteiger partial charge in [-0.1, -0.05) is 47.5 Å². The molecular formula is C48H55Cl3N8O6. The van der Waals surface area contributed by atoms with Crippen molar-refractivity contribution in [2.45, 2.75) is 69.7 Å². The van der Waals surface area contributed by atoms with Gasteiger partial charge in [0.25, 0.3) is 0 Å². The van der Waals surface area contributed by atoms with Crippen LogP contribution in [-0.2, 0) is 52.2 Å². The summed E-state index contributed by atoms with van der Waals surface area (Å²) < 4.78 is 8.48. The number of halogens is 3. The number of aliphatic hydroxyl groups excluding tert-OH is 1. The summed E-state index contributed by atoms with van der Waals surface area (Å²) in [6, 6.07) is 21.0. The van der Waals surface area contributed by atoms with Gasteiger partial charge in [-0.2, -0.15) is 0 Å². The number of pyridine rings is 1. The molecule has 7 rings (SSSR count). The lowest BCUT2D eigenvalue weighted by atomic mass is 9.81. The Bertz CT molecular complexity index is 2450. The third kappa shape index (κ3) is 12.0. The van der Waals surface area contributed by atoms with Crippen LogP contribution < -0.4 is 15.4 Å². The van der Waals surface area contributed by atoms with Gasteiger partial charge >= 0.3 is 0 Å². The minimum absolute atomic E-state index is 0. The Hall–Kier alpha value is -5.51. The molecule has 2 aliphatic heterocycles. The van der Waals surface area contributed by atoms with Crippen molar-refractivity contribution < 1.29 is 29.0 Å². The van der Waals surface area contributed by atoms with Gasteiger partial charge in [0.15, 0.2) is 0 Å². The Balaban J connectivity index is 0.00000700. The number of piperidine rings is 1. The van der Waals surface area contributed by atoms with E-state index < -0.39 is 47.9 Å². The maximum Gasteiger partial charge on any atom is 0.245 e. The summed E-state index contributed by atoms with van der Waals surface area (Å²) in [5.74, 6) is -1.03. The van der Waals surface area contributed by atoms with E-state index >= 15 is 0 Å². The number of nitrogens with zero attached hydrogens (tertiary/aromatic N) is 6. The average Bonchev–Trinajstić information content (AvgIpc) is 3.63. The highest BCUT2D eigenvalue weighted by Gasteiger charge is 2.43. The van der Waals surface area contributed by atoms with Crippen LogP contribution in [0.5, 0.6) is 11.5 Å². The molecule has 5 aromatic rings. The van der Waals surface area contributed by atoms with Crippen LogP contribution in [0.25, 0.3) is 11.3 Å². The van der Waals surface area contributed by atoms with Crippen molar-refractivity contribution in [3.05, 3.63) is 130 Å². The molecule has 344 valence electrons. The van der Waals surface area contributed by atoms with Crippen LogP contribution in [-0.4, -0.2) is 109 Å². The minimum Gasteiger partial charge on any atom is -0.457 e. The number of carbonyl (C=O) groups is 4. The number of benzene rings is 3. The first kappa shape index (κ1) is 48.9. The zero-order valence-electron chi connectivity index (χ0n) is 36.9. The first-order chi connectivity index (χ1) is 30.7. The second-order valence-corrected chi connectivity index (χ2v) is 18.0. The van der Waals surface area contributed by atoms with Crippen LogP contribution in [0.1, 0.15) is 48.7 Å². The molecule has 4 atom stereocenters. The summed E-state index contributed by atoms with van der Waals surface area (Å²) >= 11 is 12.7. The Kier molecular flexibility index (Phi) is 16.3. The zero-order valence-corrected chi connectivity index (χ0v) is 39.2. The minimum atomic E-state index is -1.34. The van der Waals surface area contributed by atoms with Crippen molar-refractivity contribution >= 4 is 59.2 Å². The summed E-state index contributed by atoms with van der Waals surface area (Å²) in [6.07, 6.45) is 6.61. The van der Waals surface area contributed by atoms with E-state index in [1.165, 1.54) is 4.90 Å². The van der Waals surface area contributed by atoms with E-state index in [1.807, 2.05) is 74.4 Å². The summed E-state index contributed by atoms with van der Waals surface area (Å²) in [6.45, 7) is 2.01. The summed E-state index contributed by atoms with van der Waals surface area (Å²) in [4.78, 5) is 72.0. The molecule has 3 N–H and O–H groups in total. The largest absolute Gasteiger partial charge is 0.457 e. The Morgan fingerprint density at radius 1 is 0.938 bits per heavy atom. The highest BCUT2D eigenvalue weighted by molar-refractivity contribution is 6.31. The van der Waals surface area contributed by atoms with Crippen molar-refractivity contribution in [3.63, 3.8) is 0 Å². The molecule has 2 saturated heterocycles. The van der Waals surface area contributed by atoms with Crippen molar-refractivity contribution in [2.24, 2.45) is 13.0 Å². The van der Waals surface area contributed by atoms with Crippen molar-refractivity contribution in [2.75, 3.05) is 33.8 Å². The number of hydrogen-bond acceptors (Lipinski definition) is 9. The topological polar surface area (TPSA) is 162 Å². The van der Waals surface area contributed by atoms with E-state index in [2.05, 4.69) is 25.5 Å². The quantitative estimate of drug-likeness (QED) is 0.132. The number of ether oxygens (including phenoxy) is 1. The van der Waals surface area contributed by atoms with Gasteiger partial charge in [0.1, 0.15) is 29.4 Å². The van der Waals surface area contributed by atoms with E-state index in [4.69, 9.17) is 27.9 Å². The number of aromatic nitrogens is 3. The fourth-order valence-corrected chi connectivity index (χ4v) is 8.85. The van der Waals surface area contributed by atoms with E-state index in [-0.39, 0.29) is 44.2 Å². The predicted molar refractivity (Wildman–Crippen MR) is 252 cm³/mol. The van der Waals surface area contributed by atoms with Gasteiger partial charge in [-0.3, -0.25) is 24.2 Å². The molecule has 0 saturated carbocycles. The van der Waals surface area contributed by atoms with E-state index in [0.29, 0.717) is 59.5 Å². The smallest absolute Gasteiger partial charge is 0.245 e. The molecule has 0 unspecified atom stereocenters. The van der Waals surface area contributed by atoms with E-state index in [9.17, 15) is 24.3 Å². The third-order valence-corrected chi connectivity index (χ3v) is 12.5. The Morgan fingerprint density at radius 3 is 2.37 bits per heavy atom. The van der Waals surface area contributed by atoms with Gasteiger partial charge < -0.3 is 39.7 Å². The third-order valence-electron chi connectivity index (χ3n) is 12.0. The first-order valence-corrected chi connectivity index (χ1v) is 22.1. The lowest BCUT2D eigenvalue weighted by molar-refractivity contribution is -0.147. The molecule has 14 nitrogen and oxygen atoms in total. The molecule has 2 fully saturated rings. The lowest BCUT2D eigenvalue weighted by Gasteiger charge is -2.45. The van der Waals surface area contributed by atoms with Gasteiger partial charge in [0.05, 0.1) is 43.0 Å². The van der Waals surface area contributed by atoms with E-state index in [0.717, 1.165) is 28.2 Å². The number of hydrogen-bond donors (Lipinski definition) is 3. The fourth-order valence-electron chi connectivity index (χ4n) is 8.56. The molecular weight excluding hydrogens is 891 g/mol. The number of fused-ring (bicyclic) bond motifs is 2. The lowest BCUT2D eigenvalue weighted by Crippen LogP contribution is -2.65. The summed E-state index contributed by atoms with van der Waals surface area (Å²) in [5, 5.41) is 17.3. The summed E-state index contributed by atoms with van der Waals surface area (Å²) in [7, 11) is 5.96. The fraction of sp³-hybridized carbons (Fsp3) is 0.375. The maximum absolute atomic E-state index is 14.9. The second-order valence-electron chi connectivity index (χ2n) is 17.1. The molecule has 2 bridgehead atoms. The van der Waals surface area contributed by atoms with Crippen LogP contribution in [0.2, 0.25) is 10.0 Å². The van der Waals surface area contributed by atoms with Gasteiger partial charge in [0.2, 0.25) is 23.6 Å². The van der Waals surface area contributed by atoms with Crippen LogP contribution in [0.15, 0.2) is 97.5 Å².